The minimum Gasteiger partial charge on any atom is -0.477 e. The van der Waals surface area contributed by atoms with Gasteiger partial charge in [0, 0.05) is 16.8 Å². The number of hydrogen-bond donors (Lipinski definition) is 1. The maximum atomic E-state index is 12.0. The molecule has 0 unspecified atom stereocenters. The fraction of sp³-hybridized carbons (Fsp3) is 0.545. The van der Waals surface area contributed by atoms with E-state index in [1.165, 1.54) is 4.90 Å². The predicted molar refractivity (Wildman–Crippen MR) is 74.1 cm³/mol. The average Bonchev–Trinajstić information content (AvgIpc) is 2.33. The highest BCUT2D eigenvalue weighted by atomic mass is 79.9. The van der Waals surface area contributed by atoms with Crippen LogP contribution >= 0.6 is 27.7 Å². The van der Waals surface area contributed by atoms with E-state index in [0.29, 0.717) is 11.1 Å². The van der Waals surface area contributed by atoms with Crippen molar-refractivity contribution in [3.63, 3.8) is 0 Å². The van der Waals surface area contributed by atoms with Gasteiger partial charge in [0.05, 0.1) is 0 Å². The fourth-order valence-corrected chi connectivity index (χ4v) is 4.08. The number of β-lactam (4-membered cyclic amide) rings is 1. The number of fused-ring (bicyclic) bond motifs is 1. The van der Waals surface area contributed by atoms with Crippen molar-refractivity contribution in [1.82, 2.24) is 4.90 Å². The number of hydrogen-bond acceptors (Lipinski definition) is 4. The number of halogens is 1. The predicted octanol–water partition coefficient (Wildman–Crippen LogP) is 1.48. The van der Waals surface area contributed by atoms with Gasteiger partial charge in [0.1, 0.15) is 11.1 Å². The van der Waals surface area contributed by atoms with E-state index in [1.807, 2.05) is 13.8 Å². The molecule has 2 aliphatic rings. The summed E-state index contributed by atoms with van der Waals surface area (Å²) in [5, 5.41) is 9.54. The van der Waals surface area contributed by atoms with E-state index in [0.717, 1.165) is 11.3 Å². The zero-order valence-electron chi connectivity index (χ0n) is 10.0. The molecule has 2 aliphatic heterocycles. The highest BCUT2D eigenvalue weighted by Gasteiger charge is 2.53. The van der Waals surface area contributed by atoms with Gasteiger partial charge >= 0.3 is 5.97 Å². The molecule has 7 heteroatoms. The number of nitrogens with zero attached hydrogens (tertiary/aromatic N) is 2. The quantitative estimate of drug-likeness (QED) is 0.483. The first kappa shape index (κ1) is 13.6. The van der Waals surface area contributed by atoms with Crippen LogP contribution in [0.3, 0.4) is 0 Å². The van der Waals surface area contributed by atoms with Crippen LogP contribution in [0.5, 0.6) is 0 Å². The fourth-order valence-electron chi connectivity index (χ4n) is 2.03. The summed E-state index contributed by atoms with van der Waals surface area (Å²) < 4.78 is 0. The second kappa shape index (κ2) is 5.05. The monoisotopic (exact) mass is 332 g/mol. The number of carbonyl (C=O) groups excluding carboxylic acids is 1. The summed E-state index contributed by atoms with van der Waals surface area (Å²) in [4.78, 5) is 28.9. The highest BCUT2D eigenvalue weighted by Crippen LogP contribution is 2.42. The summed E-state index contributed by atoms with van der Waals surface area (Å²) in [5.41, 5.74) is 1.70. The molecule has 0 bridgehead atoms. The van der Waals surface area contributed by atoms with Gasteiger partial charge in [-0.2, -0.15) is 0 Å². The molecular weight excluding hydrogens is 320 g/mol. The molecule has 18 heavy (non-hydrogen) atoms. The Morgan fingerprint density at radius 1 is 1.61 bits per heavy atom. The normalized spacial score (nSPS) is 26.6. The molecule has 5 nitrogen and oxygen atoms in total. The van der Waals surface area contributed by atoms with E-state index in [2.05, 4.69) is 20.9 Å². The van der Waals surface area contributed by atoms with Crippen LogP contribution in [0.2, 0.25) is 0 Å². The Kier molecular flexibility index (Phi) is 3.82. The lowest BCUT2D eigenvalue weighted by Crippen LogP contribution is -2.64. The van der Waals surface area contributed by atoms with Crippen molar-refractivity contribution in [3.05, 3.63) is 11.3 Å². The molecule has 0 aliphatic carbocycles. The Morgan fingerprint density at radius 2 is 2.28 bits per heavy atom. The third-order valence-electron chi connectivity index (χ3n) is 2.78. The van der Waals surface area contributed by atoms with Crippen molar-refractivity contribution >= 4 is 45.3 Å². The third-order valence-corrected chi connectivity index (χ3v) is 4.78. The van der Waals surface area contributed by atoms with Gasteiger partial charge in [0.25, 0.3) is 5.91 Å². The van der Waals surface area contributed by atoms with Crippen molar-refractivity contribution in [1.29, 1.82) is 0 Å². The van der Waals surface area contributed by atoms with Crippen LogP contribution in [0.4, 0.5) is 0 Å². The molecular formula is C11H13BrN2O3S. The first-order chi connectivity index (χ1) is 8.47. The lowest BCUT2D eigenvalue weighted by atomic mass is 10.0. The SMILES string of the molecule is CC(C)=N[C@@H]1C(=O)N2C(C(=O)O)=C(CBr)CS[C@@H]12. The number of amides is 1. The van der Waals surface area contributed by atoms with Crippen LogP contribution in [0.25, 0.3) is 0 Å². The number of thioether (sulfide) groups is 1. The Hall–Kier alpha value is -0.820. The lowest BCUT2D eigenvalue weighted by Gasteiger charge is -2.47. The van der Waals surface area contributed by atoms with Crippen LogP contribution in [0.1, 0.15) is 13.8 Å². The zero-order chi connectivity index (χ0) is 13.4. The van der Waals surface area contributed by atoms with Gasteiger partial charge in [-0.25, -0.2) is 4.79 Å². The summed E-state index contributed by atoms with van der Waals surface area (Å²) in [6, 6.07) is -0.425. The van der Waals surface area contributed by atoms with Gasteiger partial charge in [-0.3, -0.25) is 14.7 Å². The van der Waals surface area contributed by atoms with Crippen LogP contribution in [-0.4, -0.2) is 50.1 Å². The van der Waals surface area contributed by atoms with Crippen LogP contribution < -0.4 is 0 Å². The first-order valence-electron chi connectivity index (χ1n) is 5.44. The zero-order valence-corrected chi connectivity index (χ0v) is 12.4. The van der Waals surface area contributed by atoms with Gasteiger partial charge in [0.2, 0.25) is 0 Å². The van der Waals surface area contributed by atoms with Gasteiger partial charge < -0.3 is 5.11 Å². The summed E-state index contributed by atoms with van der Waals surface area (Å²) in [5.74, 6) is -0.640. The Bertz CT molecular complexity index is 471. The van der Waals surface area contributed by atoms with Crippen LogP contribution in [0.15, 0.2) is 16.3 Å². The lowest BCUT2D eigenvalue weighted by molar-refractivity contribution is -0.147. The van der Waals surface area contributed by atoms with Crippen molar-refractivity contribution in [2.24, 2.45) is 4.99 Å². The molecule has 1 saturated heterocycles. The summed E-state index contributed by atoms with van der Waals surface area (Å²) in [7, 11) is 0. The molecule has 1 N–H and O–H groups in total. The van der Waals surface area contributed by atoms with Gasteiger partial charge in [-0.1, -0.05) is 15.9 Å². The van der Waals surface area contributed by atoms with Gasteiger partial charge in [-0.05, 0) is 19.4 Å². The summed E-state index contributed by atoms with van der Waals surface area (Å²) in [6.45, 7) is 3.67. The van der Waals surface area contributed by atoms with E-state index < -0.39 is 12.0 Å². The van der Waals surface area contributed by atoms with Gasteiger partial charge in [0.15, 0.2) is 6.04 Å². The molecule has 1 amide bonds. The Morgan fingerprint density at radius 3 is 2.78 bits per heavy atom. The Labute approximate surface area is 117 Å². The number of alkyl halides is 1. The second-order valence-electron chi connectivity index (χ2n) is 4.32. The summed E-state index contributed by atoms with van der Waals surface area (Å²) >= 11 is 4.83. The molecule has 0 aromatic heterocycles. The minimum absolute atomic E-state index is 0.126. The maximum Gasteiger partial charge on any atom is 0.352 e. The highest BCUT2D eigenvalue weighted by molar-refractivity contribution is 9.09. The molecule has 0 saturated carbocycles. The van der Waals surface area contributed by atoms with Crippen molar-refractivity contribution in [3.8, 4) is 0 Å². The number of aliphatic imine (C=N–C) groups is 1. The minimum atomic E-state index is -1.04. The van der Waals surface area contributed by atoms with Gasteiger partial charge in [-0.15, -0.1) is 11.8 Å². The largest absolute Gasteiger partial charge is 0.477 e. The molecule has 2 heterocycles. The van der Waals surface area contributed by atoms with Crippen molar-refractivity contribution in [2.45, 2.75) is 25.3 Å². The molecule has 0 aromatic carbocycles. The Balaban J connectivity index is 2.32. The number of carboxylic acid groups (broad SMARTS) is 1. The van der Waals surface area contributed by atoms with E-state index >= 15 is 0 Å². The molecule has 0 aromatic rings. The van der Waals surface area contributed by atoms with E-state index in [9.17, 15) is 14.7 Å². The van der Waals surface area contributed by atoms with E-state index in [1.54, 1.807) is 11.8 Å². The smallest absolute Gasteiger partial charge is 0.352 e. The summed E-state index contributed by atoms with van der Waals surface area (Å²) in [6.07, 6.45) is 0. The molecule has 0 radical (unpaired) electrons. The maximum absolute atomic E-state index is 12.0. The first-order valence-corrected chi connectivity index (χ1v) is 7.61. The third kappa shape index (κ3) is 2.09. The average molecular weight is 333 g/mol. The van der Waals surface area contributed by atoms with Crippen LogP contribution in [0, 0.1) is 0 Å². The molecule has 2 atom stereocenters. The second-order valence-corrected chi connectivity index (χ2v) is 5.99. The molecule has 1 fully saturated rings. The number of carbonyl (C=O) groups is 2. The van der Waals surface area contributed by atoms with Crippen molar-refractivity contribution < 1.29 is 14.7 Å². The number of rotatable bonds is 3. The number of aliphatic carboxylic acids is 1. The molecule has 0 spiro atoms. The molecule has 98 valence electrons. The number of carboxylic acids is 1. The standard InChI is InChI=1S/C11H13BrN2O3S/c1-5(2)13-7-9(15)14-8(11(16)17)6(3-12)4-18-10(7)14/h7,10H,3-4H2,1-2H3,(H,16,17)/t7-,10+/m1/s1. The van der Waals surface area contributed by atoms with E-state index in [4.69, 9.17) is 0 Å². The topological polar surface area (TPSA) is 70.0 Å². The van der Waals surface area contributed by atoms with Crippen LogP contribution in [-0.2, 0) is 9.59 Å². The molecule has 2 rings (SSSR count). The van der Waals surface area contributed by atoms with E-state index in [-0.39, 0.29) is 17.0 Å². The van der Waals surface area contributed by atoms with Crippen molar-refractivity contribution in [2.75, 3.05) is 11.1 Å².